The van der Waals surface area contributed by atoms with Gasteiger partial charge in [0.15, 0.2) is 11.5 Å². The van der Waals surface area contributed by atoms with Gasteiger partial charge in [-0.3, -0.25) is 9.69 Å². The zero-order valence-electron chi connectivity index (χ0n) is 18.8. The van der Waals surface area contributed by atoms with Gasteiger partial charge in [-0.1, -0.05) is 33.6 Å². The summed E-state index contributed by atoms with van der Waals surface area (Å²) in [5.74, 6) is -0.0819. The van der Waals surface area contributed by atoms with Crippen LogP contribution in [0.25, 0.3) is 0 Å². The standard InChI is InChI=1S/C24H37FN4O/c1-4-24(3,5-2)17-6-9-19(14-17)28-10-12-29(13-11-28)20-15-21(25)22(26-16-20)23(30)27-18-7-8-18/h15-19H,4-14H2,1-3H3,(H,27,30)/t17?,19-/m1/s1. The van der Waals surface area contributed by atoms with Crippen LogP contribution in [0.1, 0.15) is 76.2 Å². The summed E-state index contributed by atoms with van der Waals surface area (Å²) in [4.78, 5) is 21.1. The van der Waals surface area contributed by atoms with Crippen LogP contribution >= 0.6 is 0 Å². The zero-order chi connectivity index (χ0) is 21.3. The molecule has 2 aliphatic carbocycles. The summed E-state index contributed by atoms with van der Waals surface area (Å²) in [6.45, 7) is 10.9. The second-order valence-electron chi connectivity index (χ2n) is 9.82. The second kappa shape index (κ2) is 8.81. The maximum atomic E-state index is 14.5. The van der Waals surface area contributed by atoms with E-state index in [2.05, 4.69) is 40.9 Å². The lowest BCUT2D eigenvalue weighted by Crippen LogP contribution is -2.50. The third-order valence-corrected chi connectivity index (χ3v) is 8.16. The lowest BCUT2D eigenvalue weighted by atomic mass is 9.72. The molecule has 166 valence electrons. The van der Waals surface area contributed by atoms with Crippen molar-refractivity contribution >= 4 is 11.6 Å². The predicted molar refractivity (Wildman–Crippen MR) is 118 cm³/mol. The minimum absolute atomic E-state index is 0.0869. The van der Waals surface area contributed by atoms with E-state index in [4.69, 9.17) is 0 Å². The highest BCUT2D eigenvalue weighted by molar-refractivity contribution is 5.93. The molecule has 0 bridgehead atoms. The number of halogens is 1. The summed E-state index contributed by atoms with van der Waals surface area (Å²) in [6, 6.07) is 2.37. The average molecular weight is 417 g/mol. The molecule has 0 spiro atoms. The van der Waals surface area contributed by atoms with E-state index in [1.54, 1.807) is 6.20 Å². The smallest absolute Gasteiger partial charge is 0.273 e. The SMILES string of the molecule is CCC(C)(CC)C1CC[C@@H](N2CCN(c3cnc(C(=O)NC4CC4)c(F)c3)CC2)C1. The van der Waals surface area contributed by atoms with Crippen LogP contribution in [0, 0.1) is 17.2 Å². The fraction of sp³-hybridized carbons (Fsp3) is 0.750. The van der Waals surface area contributed by atoms with Gasteiger partial charge in [0.2, 0.25) is 0 Å². The van der Waals surface area contributed by atoms with Crippen LogP contribution in [0.4, 0.5) is 10.1 Å². The number of carbonyl (C=O) groups is 1. The lowest BCUT2D eigenvalue weighted by molar-refractivity contribution is 0.0941. The summed E-state index contributed by atoms with van der Waals surface area (Å²) in [5.41, 5.74) is 1.17. The fourth-order valence-electron chi connectivity index (χ4n) is 5.34. The lowest BCUT2D eigenvalue weighted by Gasteiger charge is -2.40. The van der Waals surface area contributed by atoms with Gasteiger partial charge in [-0.2, -0.15) is 0 Å². The number of carbonyl (C=O) groups excluding carboxylic acids is 1. The molecule has 2 saturated carbocycles. The molecule has 2 atom stereocenters. The number of pyridine rings is 1. The van der Waals surface area contributed by atoms with E-state index in [9.17, 15) is 9.18 Å². The summed E-state index contributed by atoms with van der Waals surface area (Å²) in [5, 5.41) is 2.81. The molecule has 0 radical (unpaired) electrons. The van der Waals surface area contributed by atoms with Gasteiger partial charge in [-0.15, -0.1) is 0 Å². The normalized spacial score (nSPS) is 25.5. The molecule has 0 aromatic carbocycles. The molecule has 4 rings (SSSR count). The van der Waals surface area contributed by atoms with E-state index >= 15 is 0 Å². The number of hydrogen-bond donors (Lipinski definition) is 1. The molecule has 1 aliphatic heterocycles. The Kier molecular flexibility index (Phi) is 6.33. The van der Waals surface area contributed by atoms with Gasteiger partial charge < -0.3 is 10.2 Å². The van der Waals surface area contributed by atoms with Crippen molar-refractivity contribution in [1.82, 2.24) is 15.2 Å². The largest absolute Gasteiger partial charge is 0.368 e. The highest BCUT2D eigenvalue weighted by Gasteiger charge is 2.39. The van der Waals surface area contributed by atoms with Gasteiger partial charge in [0, 0.05) is 44.3 Å². The Labute approximate surface area is 180 Å². The molecule has 6 heteroatoms. The topological polar surface area (TPSA) is 48.5 Å². The van der Waals surface area contributed by atoms with E-state index in [0.717, 1.165) is 50.6 Å². The third-order valence-electron chi connectivity index (χ3n) is 8.16. The molecule has 1 aromatic rings. The van der Waals surface area contributed by atoms with Crippen molar-refractivity contribution in [3.63, 3.8) is 0 Å². The number of anilines is 1. The highest BCUT2D eigenvalue weighted by atomic mass is 19.1. The van der Waals surface area contributed by atoms with Crippen LogP contribution in [0.2, 0.25) is 0 Å². The number of piperazine rings is 1. The van der Waals surface area contributed by atoms with Crippen LogP contribution in [-0.4, -0.2) is 54.1 Å². The molecule has 1 N–H and O–H groups in total. The Morgan fingerprint density at radius 1 is 1.17 bits per heavy atom. The third kappa shape index (κ3) is 4.48. The Hall–Kier alpha value is -1.69. The van der Waals surface area contributed by atoms with Crippen molar-refractivity contribution in [1.29, 1.82) is 0 Å². The molecule has 5 nitrogen and oxygen atoms in total. The first-order chi connectivity index (χ1) is 14.4. The first-order valence-electron chi connectivity index (χ1n) is 11.9. The number of amides is 1. The number of aromatic nitrogens is 1. The molecule has 1 unspecified atom stereocenters. The van der Waals surface area contributed by atoms with E-state index in [1.165, 1.54) is 38.2 Å². The molecule has 1 saturated heterocycles. The Morgan fingerprint density at radius 2 is 1.87 bits per heavy atom. The van der Waals surface area contributed by atoms with Gasteiger partial charge >= 0.3 is 0 Å². The van der Waals surface area contributed by atoms with Crippen LogP contribution in [0.3, 0.4) is 0 Å². The van der Waals surface area contributed by atoms with Crippen LogP contribution in [0.5, 0.6) is 0 Å². The fourth-order valence-corrected chi connectivity index (χ4v) is 5.34. The molecule has 1 amide bonds. The van der Waals surface area contributed by atoms with Crippen molar-refractivity contribution in [2.75, 3.05) is 31.1 Å². The maximum Gasteiger partial charge on any atom is 0.273 e. The minimum Gasteiger partial charge on any atom is -0.368 e. The molecule has 3 fully saturated rings. The summed E-state index contributed by atoms with van der Waals surface area (Å²) >= 11 is 0. The molecule has 30 heavy (non-hydrogen) atoms. The van der Waals surface area contributed by atoms with Crippen LogP contribution in [0.15, 0.2) is 12.3 Å². The van der Waals surface area contributed by atoms with Gasteiger partial charge in [-0.25, -0.2) is 9.37 Å². The van der Waals surface area contributed by atoms with Gasteiger partial charge in [0.05, 0.1) is 11.9 Å². The van der Waals surface area contributed by atoms with Crippen LogP contribution in [-0.2, 0) is 0 Å². The van der Waals surface area contributed by atoms with E-state index in [-0.39, 0.29) is 11.7 Å². The molecule has 1 aromatic heterocycles. The maximum absolute atomic E-state index is 14.5. The molecule has 2 heterocycles. The van der Waals surface area contributed by atoms with Crippen molar-refractivity contribution in [3.05, 3.63) is 23.8 Å². The quantitative estimate of drug-likeness (QED) is 0.723. The number of nitrogens with zero attached hydrogens (tertiary/aromatic N) is 3. The molecular weight excluding hydrogens is 379 g/mol. The van der Waals surface area contributed by atoms with Crippen molar-refractivity contribution in [2.45, 2.75) is 77.8 Å². The first-order valence-corrected chi connectivity index (χ1v) is 11.9. The highest BCUT2D eigenvalue weighted by Crippen LogP contribution is 2.45. The summed E-state index contributed by atoms with van der Waals surface area (Å²) in [6.07, 6.45) is 10.1. The van der Waals surface area contributed by atoms with Crippen molar-refractivity contribution < 1.29 is 9.18 Å². The van der Waals surface area contributed by atoms with Gasteiger partial charge in [0.1, 0.15) is 0 Å². The van der Waals surface area contributed by atoms with E-state index in [1.807, 2.05) is 0 Å². The molecular formula is C24H37FN4O. The van der Waals surface area contributed by atoms with E-state index < -0.39 is 11.7 Å². The summed E-state index contributed by atoms with van der Waals surface area (Å²) < 4.78 is 14.5. The molecule has 3 aliphatic rings. The minimum atomic E-state index is -0.523. The summed E-state index contributed by atoms with van der Waals surface area (Å²) in [7, 11) is 0. The van der Waals surface area contributed by atoms with Crippen LogP contribution < -0.4 is 10.2 Å². The van der Waals surface area contributed by atoms with Gasteiger partial charge in [0.25, 0.3) is 5.91 Å². The Balaban J connectivity index is 1.31. The second-order valence-corrected chi connectivity index (χ2v) is 9.82. The van der Waals surface area contributed by atoms with Crippen molar-refractivity contribution in [2.24, 2.45) is 11.3 Å². The van der Waals surface area contributed by atoms with Gasteiger partial charge in [-0.05, 0) is 43.4 Å². The Morgan fingerprint density at radius 3 is 2.47 bits per heavy atom. The first kappa shape index (κ1) is 21.5. The van der Waals surface area contributed by atoms with Crippen molar-refractivity contribution in [3.8, 4) is 0 Å². The predicted octanol–water partition coefficient (Wildman–Crippen LogP) is 4.23. The monoisotopic (exact) mass is 416 g/mol. The zero-order valence-corrected chi connectivity index (χ0v) is 18.8. The Bertz CT molecular complexity index is 754. The number of hydrogen-bond acceptors (Lipinski definition) is 4. The number of rotatable bonds is 7. The van der Waals surface area contributed by atoms with E-state index in [0.29, 0.717) is 11.5 Å². The average Bonchev–Trinajstić information content (AvgIpc) is 3.44. The number of nitrogens with one attached hydrogen (secondary N) is 1.